The lowest BCUT2D eigenvalue weighted by Gasteiger charge is -2.19. The van der Waals surface area contributed by atoms with E-state index in [1.165, 1.54) is 56.3 Å². The molecule has 1 aliphatic carbocycles. The molecular weight excluding hydrogens is 318 g/mol. The summed E-state index contributed by atoms with van der Waals surface area (Å²) in [4.78, 5) is 22.1. The molecule has 7 nitrogen and oxygen atoms in total. The number of likely N-dealkylation sites (tertiary alicyclic amines) is 1. The number of nitrogens with zero attached hydrogens (tertiary/aromatic N) is 3. The van der Waals surface area contributed by atoms with E-state index >= 15 is 0 Å². The van der Waals surface area contributed by atoms with Gasteiger partial charge < -0.3 is 10.2 Å². The van der Waals surface area contributed by atoms with Gasteiger partial charge in [0.25, 0.3) is 5.91 Å². The van der Waals surface area contributed by atoms with Crippen LogP contribution in [0.4, 0.5) is 5.82 Å². The fraction of sp³-hybridized carbons (Fsp3) is 0.611. The molecule has 25 heavy (non-hydrogen) atoms. The van der Waals surface area contributed by atoms with E-state index in [-0.39, 0.29) is 0 Å². The molecule has 1 aromatic rings. The summed E-state index contributed by atoms with van der Waals surface area (Å²) in [6.07, 6.45) is 14.1. The first-order valence-corrected chi connectivity index (χ1v) is 9.16. The lowest BCUT2D eigenvalue weighted by Crippen LogP contribution is -2.28. The van der Waals surface area contributed by atoms with Crippen molar-refractivity contribution in [1.82, 2.24) is 20.3 Å². The van der Waals surface area contributed by atoms with Crippen LogP contribution in [0.2, 0.25) is 0 Å². The molecule has 0 aromatic carbocycles. The third-order valence-corrected chi connectivity index (χ3v) is 5.14. The highest BCUT2D eigenvalue weighted by Gasteiger charge is 2.24. The van der Waals surface area contributed by atoms with Crippen LogP contribution in [-0.4, -0.2) is 51.7 Å². The lowest BCUT2D eigenvalue weighted by atomic mass is 10.0. The first-order valence-electron chi connectivity index (χ1n) is 9.16. The minimum Gasteiger partial charge on any atom is -0.365 e. The van der Waals surface area contributed by atoms with Crippen LogP contribution in [-0.2, 0) is 4.79 Å². The number of aromatic nitrogens is 2. The van der Waals surface area contributed by atoms with Gasteiger partial charge >= 0.3 is 0 Å². The van der Waals surface area contributed by atoms with E-state index in [2.05, 4.69) is 20.2 Å². The Balaban J connectivity index is 1.41. The van der Waals surface area contributed by atoms with Gasteiger partial charge in [0.1, 0.15) is 5.82 Å². The highest BCUT2D eigenvalue weighted by Crippen LogP contribution is 2.28. The summed E-state index contributed by atoms with van der Waals surface area (Å²) in [5.41, 5.74) is 2.10. The van der Waals surface area contributed by atoms with E-state index in [1.807, 2.05) is 0 Å². The van der Waals surface area contributed by atoms with Crippen LogP contribution in [0.1, 0.15) is 44.2 Å². The number of rotatable bonds is 7. The average molecular weight is 345 g/mol. The molecule has 2 fully saturated rings. The molecule has 1 saturated carbocycles. The summed E-state index contributed by atoms with van der Waals surface area (Å²) in [5.74, 6) is 1.12. The normalized spacial score (nSPS) is 21.9. The van der Waals surface area contributed by atoms with Crippen molar-refractivity contribution in [3.8, 4) is 0 Å². The molecule has 1 aliphatic heterocycles. The van der Waals surface area contributed by atoms with Crippen LogP contribution in [0.3, 0.4) is 0 Å². The summed E-state index contributed by atoms with van der Waals surface area (Å²) in [6, 6.07) is 0.416. The standard InChI is InChI=1S/C18H27N5O2/c24-18(22-25)6-5-15-11-20-17(12-19-15)21-16-8-10-23(13-16)9-7-14-3-1-2-4-14/h5-6,11-12,14,16,25H,1-4,7-10,13H2,(H,20,21)(H,22,24)/b6-5+/t16-/m1/s1. The number of hydroxylamine groups is 1. The van der Waals surface area contributed by atoms with Crippen molar-refractivity contribution in [3.05, 3.63) is 24.2 Å². The third-order valence-electron chi connectivity index (χ3n) is 5.14. The number of hydrogen-bond donors (Lipinski definition) is 3. The predicted octanol–water partition coefficient (Wildman–Crippen LogP) is 2.06. The summed E-state index contributed by atoms with van der Waals surface area (Å²) in [7, 11) is 0. The summed E-state index contributed by atoms with van der Waals surface area (Å²) in [5, 5.41) is 11.9. The Morgan fingerprint density at radius 1 is 1.28 bits per heavy atom. The molecule has 1 amide bonds. The van der Waals surface area contributed by atoms with Gasteiger partial charge in [-0.1, -0.05) is 25.7 Å². The second-order valence-electron chi connectivity index (χ2n) is 7.01. The zero-order valence-electron chi connectivity index (χ0n) is 14.5. The van der Waals surface area contributed by atoms with E-state index in [4.69, 9.17) is 5.21 Å². The fourth-order valence-corrected chi connectivity index (χ4v) is 3.72. The van der Waals surface area contributed by atoms with Gasteiger partial charge in [0, 0.05) is 25.2 Å². The number of anilines is 1. The Hall–Kier alpha value is -1.99. The molecule has 136 valence electrons. The molecule has 0 bridgehead atoms. The molecule has 1 saturated heterocycles. The number of carbonyl (C=O) groups is 1. The van der Waals surface area contributed by atoms with E-state index < -0.39 is 5.91 Å². The quantitative estimate of drug-likeness (QED) is 0.398. The van der Waals surface area contributed by atoms with Gasteiger partial charge in [-0.05, 0) is 31.4 Å². The van der Waals surface area contributed by atoms with Crippen LogP contribution in [0.5, 0.6) is 0 Å². The Kier molecular flexibility index (Phi) is 6.36. The first kappa shape index (κ1) is 17.8. The molecule has 3 rings (SSSR count). The highest BCUT2D eigenvalue weighted by atomic mass is 16.5. The van der Waals surface area contributed by atoms with Crippen molar-refractivity contribution in [2.75, 3.05) is 25.0 Å². The van der Waals surface area contributed by atoms with Crippen LogP contribution in [0.25, 0.3) is 6.08 Å². The Bertz CT molecular complexity index is 584. The van der Waals surface area contributed by atoms with Gasteiger partial charge in [-0.2, -0.15) is 0 Å². The van der Waals surface area contributed by atoms with Gasteiger partial charge in [0.15, 0.2) is 0 Å². The number of amides is 1. The summed E-state index contributed by atoms with van der Waals surface area (Å²) < 4.78 is 0. The SMILES string of the molecule is O=C(/C=C/c1cnc(N[C@@H]2CCN(CCC3CCCC3)C2)cn1)NO. The van der Waals surface area contributed by atoms with Crippen molar-refractivity contribution in [1.29, 1.82) is 0 Å². The van der Waals surface area contributed by atoms with Crippen molar-refractivity contribution in [2.45, 2.75) is 44.6 Å². The smallest absolute Gasteiger partial charge is 0.267 e. The zero-order chi connectivity index (χ0) is 17.5. The van der Waals surface area contributed by atoms with Crippen molar-refractivity contribution in [3.63, 3.8) is 0 Å². The maximum absolute atomic E-state index is 10.9. The monoisotopic (exact) mass is 345 g/mol. The van der Waals surface area contributed by atoms with E-state index in [0.717, 1.165) is 31.2 Å². The van der Waals surface area contributed by atoms with Gasteiger partial charge in [0.2, 0.25) is 0 Å². The van der Waals surface area contributed by atoms with Gasteiger partial charge in [-0.3, -0.25) is 15.0 Å². The Labute approximate surface area is 148 Å². The summed E-state index contributed by atoms with van der Waals surface area (Å²) >= 11 is 0. The molecule has 2 heterocycles. The first-order chi connectivity index (χ1) is 12.2. The lowest BCUT2D eigenvalue weighted by molar-refractivity contribution is -0.124. The van der Waals surface area contributed by atoms with Crippen molar-refractivity contribution < 1.29 is 10.0 Å². The van der Waals surface area contributed by atoms with Gasteiger partial charge in [-0.25, -0.2) is 10.5 Å². The molecule has 0 spiro atoms. The topological polar surface area (TPSA) is 90.4 Å². The zero-order valence-corrected chi connectivity index (χ0v) is 14.5. The van der Waals surface area contributed by atoms with Crippen molar-refractivity contribution >= 4 is 17.8 Å². The van der Waals surface area contributed by atoms with E-state index in [9.17, 15) is 4.79 Å². The van der Waals surface area contributed by atoms with Crippen LogP contribution in [0.15, 0.2) is 18.5 Å². The Morgan fingerprint density at radius 2 is 2.12 bits per heavy atom. The molecule has 1 atom stereocenters. The largest absolute Gasteiger partial charge is 0.365 e. The van der Waals surface area contributed by atoms with Gasteiger partial charge in [0.05, 0.1) is 18.1 Å². The minimum atomic E-state index is -0.590. The van der Waals surface area contributed by atoms with Crippen LogP contribution in [0, 0.1) is 5.92 Å². The average Bonchev–Trinajstić information content (AvgIpc) is 3.31. The highest BCUT2D eigenvalue weighted by molar-refractivity contribution is 5.90. The Morgan fingerprint density at radius 3 is 2.84 bits per heavy atom. The fourth-order valence-electron chi connectivity index (χ4n) is 3.72. The molecule has 2 aliphatic rings. The molecule has 0 unspecified atom stereocenters. The summed E-state index contributed by atoms with van der Waals surface area (Å²) in [6.45, 7) is 3.42. The number of hydrogen-bond acceptors (Lipinski definition) is 6. The third kappa shape index (κ3) is 5.51. The number of carbonyl (C=O) groups excluding carboxylic acids is 1. The molecule has 1 aromatic heterocycles. The molecule has 7 heteroatoms. The van der Waals surface area contributed by atoms with E-state index in [0.29, 0.717) is 11.7 Å². The van der Waals surface area contributed by atoms with Crippen LogP contribution >= 0.6 is 0 Å². The second kappa shape index (κ2) is 8.92. The van der Waals surface area contributed by atoms with Gasteiger partial charge in [-0.15, -0.1) is 0 Å². The predicted molar refractivity (Wildman–Crippen MR) is 96.0 cm³/mol. The maximum Gasteiger partial charge on any atom is 0.267 e. The second-order valence-corrected chi connectivity index (χ2v) is 7.01. The minimum absolute atomic E-state index is 0.416. The maximum atomic E-state index is 10.9. The molecule has 3 N–H and O–H groups in total. The molecular formula is C18H27N5O2. The van der Waals surface area contributed by atoms with Crippen LogP contribution < -0.4 is 10.8 Å². The van der Waals surface area contributed by atoms with Crippen molar-refractivity contribution in [2.24, 2.45) is 5.92 Å². The number of nitrogens with one attached hydrogen (secondary N) is 2. The van der Waals surface area contributed by atoms with E-state index in [1.54, 1.807) is 12.4 Å². The molecule has 0 radical (unpaired) electrons.